The molecule has 0 bridgehead atoms. The van der Waals surface area contributed by atoms with Gasteiger partial charge >= 0.3 is 0 Å². The van der Waals surface area contributed by atoms with Crippen LogP contribution >= 0.6 is 11.6 Å². The van der Waals surface area contributed by atoms with E-state index in [0.29, 0.717) is 30.4 Å². The lowest BCUT2D eigenvalue weighted by Crippen LogP contribution is -2.42. The first-order valence-corrected chi connectivity index (χ1v) is 10.8. The highest BCUT2D eigenvalue weighted by atomic mass is 35.5. The minimum absolute atomic E-state index is 0.0303. The van der Waals surface area contributed by atoms with Crippen molar-refractivity contribution < 1.29 is 9.59 Å². The van der Waals surface area contributed by atoms with Crippen LogP contribution in [0.5, 0.6) is 0 Å². The van der Waals surface area contributed by atoms with Crippen molar-refractivity contribution in [3.05, 3.63) is 70.9 Å². The molecule has 2 aromatic carbocycles. The number of benzene rings is 2. The summed E-state index contributed by atoms with van der Waals surface area (Å²) in [5, 5.41) is 4.73. The van der Waals surface area contributed by atoms with Gasteiger partial charge in [-0.1, -0.05) is 48.9 Å². The SMILES string of the molecule is C[C@H](C(=O)NCc1cccc(Cl)c1)C1CCN(C(=O)c2cc3ccccc3[nH]2)CC1. The van der Waals surface area contributed by atoms with Crippen molar-refractivity contribution >= 4 is 34.3 Å². The van der Waals surface area contributed by atoms with Crippen LogP contribution in [-0.2, 0) is 11.3 Å². The van der Waals surface area contributed by atoms with Crippen molar-refractivity contribution in [2.24, 2.45) is 11.8 Å². The molecule has 1 fully saturated rings. The standard InChI is InChI=1S/C24H26ClN3O2/c1-16(23(29)26-15-17-5-4-7-20(25)13-17)18-9-11-28(12-10-18)24(30)22-14-19-6-2-3-8-21(19)27-22/h2-8,13-14,16,18,27H,9-12,15H2,1H3,(H,26,29)/t16-/m0/s1. The van der Waals surface area contributed by atoms with Gasteiger partial charge in [0.15, 0.2) is 0 Å². The number of hydrogen-bond donors (Lipinski definition) is 2. The molecule has 1 aliphatic heterocycles. The fraction of sp³-hybridized carbons (Fsp3) is 0.333. The van der Waals surface area contributed by atoms with E-state index in [1.54, 1.807) is 0 Å². The fourth-order valence-electron chi connectivity index (χ4n) is 4.17. The topological polar surface area (TPSA) is 65.2 Å². The molecule has 3 aromatic rings. The van der Waals surface area contributed by atoms with Gasteiger partial charge in [-0.15, -0.1) is 0 Å². The third-order valence-corrected chi connectivity index (χ3v) is 6.30. The minimum Gasteiger partial charge on any atom is -0.352 e. The van der Waals surface area contributed by atoms with Gasteiger partial charge in [0, 0.05) is 41.5 Å². The largest absolute Gasteiger partial charge is 0.352 e. The molecule has 2 amide bonds. The van der Waals surface area contributed by atoms with E-state index in [1.165, 1.54) is 0 Å². The van der Waals surface area contributed by atoms with Gasteiger partial charge in [-0.3, -0.25) is 9.59 Å². The number of H-pyrrole nitrogens is 1. The number of piperidine rings is 1. The van der Waals surface area contributed by atoms with Gasteiger partial charge in [0.2, 0.25) is 5.91 Å². The van der Waals surface area contributed by atoms with Crippen LogP contribution in [0.25, 0.3) is 10.9 Å². The molecule has 0 aliphatic carbocycles. The van der Waals surface area contributed by atoms with Crippen molar-refractivity contribution in [3.8, 4) is 0 Å². The number of amides is 2. The van der Waals surface area contributed by atoms with Crippen LogP contribution in [0.3, 0.4) is 0 Å². The van der Waals surface area contributed by atoms with E-state index in [4.69, 9.17) is 11.6 Å². The first-order chi connectivity index (χ1) is 14.5. The molecule has 1 aliphatic rings. The first kappa shape index (κ1) is 20.5. The minimum atomic E-state index is -0.0884. The number of aromatic amines is 1. The lowest BCUT2D eigenvalue weighted by atomic mass is 9.84. The Balaban J connectivity index is 1.29. The molecule has 156 valence electrons. The molecule has 30 heavy (non-hydrogen) atoms. The fourth-order valence-corrected chi connectivity index (χ4v) is 4.39. The number of halogens is 1. The third kappa shape index (κ3) is 4.51. The number of hydrogen-bond acceptors (Lipinski definition) is 2. The zero-order valence-electron chi connectivity index (χ0n) is 17.0. The Bertz CT molecular complexity index is 1020. The van der Waals surface area contributed by atoms with Crippen LogP contribution < -0.4 is 5.32 Å². The smallest absolute Gasteiger partial charge is 0.270 e. The Morgan fingerprint density at radius 2 is 1.90 bits per heavy atom. The van der Waals surface area contributed by atoms with Crippen molar-refractivity contribution in [1.82, 2.24) is 15.2 Å². The molecule has 5 nitrogen and oxygen atoms in total. The number of aromatic nitrogens is 1. The number of fused-ring (bicyclic) bond motifs is 1. The average Bonchev–Trinajstić information content (AvgIpc) is 3.21. The zero-order valence-corrected chi connectivity index (χ0v) is 17.8. The molecule has 1 saturated heterocycles. The molecule has 6 heteroatoms. The van der Waals surface area contributed by atoms with Gasteiger partial charge in [0.1, 0.15) is 5.69 Å². The Hall–Kier alpha value is -2.79. The van der Waals surface area contributed by atoms with Crippen LogP contribution in [-0.4, -0.2) is 34.8 Å². The molecule has 2 N–H and O–H groups in total. The number of carbonyl (C=O) groups is 2. The van der Waals surface area contributed by atoms with E-state index in [0.717, 1.165) is 29.3 Å². The summed E-state index contributed by atoms with van der Waals surface area (Å²) in [5.74, 6) is 0.267. The zero-order chi connectivity index (χ0) is 21.1. The summed E-state index contributed by atoms with van der Waals surface area (Å²) in [4.78, 5) is 30.6. The Morgan fingerprint density at radius 3 is 2.63 bits per heavy atom. The number of carbonyl (C=O) groups excluding carboxylic acids is 2. The highest BCUT2D eigenvalue weighted by Gasteiger charge is 2.30. The van der Waals surface area contributed by atoms with Gasteiger partial charge in [-0.05, 0) is 48.6 Å². The molecule has 0 saturated carbocycles. The second-order valence-corrected chi connectivity index (χ2v) is 8.47. The van der Waals surface area contributed by atoms with Gasteiger partial charge in [0.05, 0.1) is 0 Å². The number of nitrogens with one attached hydrogen (secondary N) is 2. The van der Waals surface area contributed by atoms with Crippen molar-refractivity contribution in [2.75, 3.05) is 13.1 Å². The van der Waals surface area contributed by atoms with E-state index in [2.05, 4.69) is 10.3 Å². The van der Waals surface area contributed by atoms with Crippen molar-refractivity contribution in [2.45, 2.75) is 26.3 Å². The first-order valence-electron chi connectivity index (χ1n) is 10.4. The number of para-hydroxylation sites is 1. The van der Waals surface area contributed by atoms with E-state index in [-0.39, 0.29) is 23.7 Å². The lowest BCUT2D eigenvalue weighted by Gasteiger charge is -2.34. The molecule has 0 spiro atoms. The molecular weight excluding hydrogens is 398 g/mol. The van der Waals surface area contributed by atoms with Crippen LogP contribution in [0, 0.1) is 11.8 Å². The van der Waals surface area contributed by atoms with Crippen LogP contribution in [0.15, 0.2) is 54.6 Å². The average molecular weight is 424 g/mol. The monoisotopic (exact) mass is 423 g/mol. The molecule has 0 radical (unpaired) electrons. The molecule has 1 atom stereocenters. The second kappa shape index (κ2) is 8.92. The quantitative estimate of drug-likeness (QED) is 0.628. The molecule has 0 unspecified atom stereocenters. The molecule has 2 heterocycles. The maximum Gasteiger partial charge on any atom is 0.270 e. The van der Waals surface area contributed by atoms with E-state index in [1.807, 2.05) is 66.4 Å². The summed E-state index contributed by atoms with van der Waals surface area (Å²) < 4.78 is 0. The van der Waals surface area contributed by atoms with Crippen LogP contribution in [0.1, 0.15) is 35.8 Å². The summed E-state index contributed by atoms with van der Waals surface area (Å²) in [6.07, 6.45) is 1.66. The molecule has 1 aromatic heterocycles. The second-order valence-electron chi connectivity index (χ2n) is 8.04. The van der Waals surface area contributed by atoms with E-state index < -0.39 is 0 Å². The number of rotatable bonds is 5. The van der Waals surface area contributed by atoms with Crippen LogP contribution in [0.2, 0.25) is 5.02 Å². The van der Waals surface area contributed by atoms with Crippen molar-refractivity contribution in [3.63, 3.8) is 0 Å². The summed E-state index contributed by atoms with van der Waals surface area (Å²) >= 11 is 6.00. The van der Waals surface area contributed by atoms with E-state index >= 15 is 0 Å². The van der Waals surface area contributed by atoms with Crippen molar-refractivity contribution in [1.29, 1.82) is 0 Å². The van der Waals surface area contributed by atoms with Gasteiger partial charge < -0.3 is 15.2 Å². The highest BCUT2D eigenvalue weighted by Crippen LogP contribution is 2.26. The molecular formula is C24H26ClN3O2. The maximum absolute atomic E-state index is 12.9. The summed E-state index contributed by atoms with van der Waals surface area (Å²) in [6.45, 7) is 3.80. The van der Waals surface area contributed by atoms with Gasteiger partial charge in [-0.25, -0.2) is 0 Å². The number of nitrogens with zero attached hydrogens (tertiary/aromatic N) is 1. The predicted octanol–water partition coefficient (Wildman–Crippen LogP) is 4.63. The van der Waals surface area contributed by atoms with Crippen LogP contribution in [0.4, 0.5) is 0 Å². The molecule has 4 rings (SSSR count). The summed E-state index contributed by atoms with van der Waals surface area (Å²) in [5.41, 5.74) is 2.59. The van der Waals surface area contributed by atoms with E-state index in [9.17, 15) is 9.59 Å². The maximum atomic E-state index is 12.9. The van der Waals surface area contributed by atoms with Gasteiger partial charge in [0.25, 0.3) is 5.91 Å². The Morgan fingerprint density at radius 1 is 1.13 bits per heavy atom. The predicted molar refractivity (Wildman–Crippen MR) is 119 cm³/mol. The third-order valence-electron chi connectivity index (χ3n) is 6.06. The Kier molecular flexibility index (Phi) is 6.09. The normalized spacial score (nSPS) is 15.9. The highest BCUT2D eigenvalue weighted by molar-refractivity contribution is 6.30. The lowest BCUT2D eigenvalue weighted by molar-refractivity contribution is -0.126. The summed E-state index contributed by atoms with van der Waals surface area (Å²) in [7, 11) is 0. The summed E-state index contributed by atoms with van der Waals surface area (Å²) in [6, 6.07) is 17.3. The number of likely N-dealkylation sites (tertiary alicyclic amines) is 1. The van der Waals surface area contributed by atoms with Gasteiger partial charge in [-0.2, -0.15) is 0 Å². The Labute approximate surface area is 181 Å².